The molecule has 0 aliphatic rings. The van der Waals surface area contributed by atoms with Gasteiger partial charge in [-0.2, -0.15) is 0 Å². The summed E-state index contributed by atoms with van der Waals surface area (Å²) < 4.78 is 63.8. The van der Waals surface area contributed by atoms with Gasteiger partial charge < -0.3 is 4.74 Å². The van der Waals surface area contributed by atoms with Gasteiger partial charge in [0.05, 0.1) is 11.0 Å². The number of benzene rings is 1. The maximum atomic E-state index is 13.0. The molecule has 0 atom stereocenters. The van der Waals surface area contributed by atoms with E-state index in [0.717, 1.165) is 18.2 Å². The molecule has 0 fully saturated rings. The van der Waals surface area contributed by atoms with Gasteiger partial charge in [-0.25, -0.2) is 26.4 Å². The molecular weight excluding hydrogens is 309 g/mol. The van der Waals surface area contributed by atoms with E-state index in [2.05, 4.69) is 0 Å². The van der Waals surface area contributed by atoms with Gasteiger partial charge in [-0.3, -0.25) is 0 Å². The zero-order valence-corrected chi connectivity index (χ0v) is 12.7. The molecule has 114 valence electrons. The lowest BCUT2D eigenvalue weighted by Crippen LogP contribution is -2.22. The van der Waals surface area contributed by atoms with Crippen LogP contribution in [-0.2, 0) is 19.9 Å². The number of hydrogen-bond acceptors (Lipinski definition) is 5. The Morgan fingerprint density at radius 3 is 2.35 bits per heavy atom. The largest absolute Gasteiger partial charge is 0.491 e. The van der Waals surface area contributed by atoms with E-state index in [4.69, 9.17) is 9.88 Å². The Balaban J connectivity index is 2.90. The second kappa shape index (κ2) is 6.06. The zero-order chi connectivity index (χ0) is 15.6. The first-order chi connectivity index (χ1) is 9.04. The van der Waals surface area contributed by atoms with Crippen LogP contribution in [0.2, 0.25) is 0 Å². The molecule has 0 heterocycles. The van der Waals surface area contributed by atoms with E-state index in [9.17, 15) is 21.2 Å². The number of rotatable bonds is 6. The van der Waals surface area contributed by atoms with Crippen LogP contribution in [0.5, 0.6) is 5.75 Å². The zero-order valence-electron chi connectivity index (χ0n) is 11.0. The molecule has 0 aliphatic carbocycles. The molecule has 1 aromatic carbocycles. The topological polar surface area (TPSA) is 104 Å². The number of ether oxygens (including phenoxy) is 1. The van der Waals surface area contributed by atoms with Crippen LogP contribution >= 0.6 is 0 Å². The number of primary sulfonamides is 1. The van der Waals surface area contributed by atoms with Crippen molar-refractivity contribution in [3.63, 3.8) is 0 Å². The summed E-state index contributed by atoms with van der Waals surface area (Å²) >= 11 is 0. The first-order valence-electron chi connectivity index (χ1n) is 5.71. The van der Waals surface area contributed by atoms with Gasteiger partial charge in [-0.1, -0.05) is 0 Å². The van der Waals surface area contributed by atoms with Crippen LogP contribution in [0.15, 0.2) is 23.1 Å². The van der Waals surface area contributed by atoms with Crippen LogP contribution < -0.4 is 9.88 Å². The minimum absolute atomic E-state index is 0.173. The molecule has 20 heavy (non-hydrogen) atoms. The van der Waals surface area contributed by atoms with Gasteiger partial charge in [0.1, 0.15) is 23.1 Å². The summed E-state index contributed by atoms with van der Waals surface area (Å²) in [7, 11) is -7.46. The van der Waals surface area contributed by atoms with Crippen LogP contribution in [0, 0.1) is 5.82 Å². The molecule has 0 amide bonds. The summed E-state index contributed by atoms with van der Waals surface area (Å²) in [6, 6.07) is 2.82. The predicted octanol–water partition coefficient (Wildman–Crippen LogP) is 0.675. The fourth-order valence-electron chi connectivity index (χ4n) is 1.33. The lowest BCUT2D eigenvalue weighted by Gasteiger charge is -2.11. The highest BCUT2D eigenvalue weighted by Crippen LogP contribution is 2.23. The van der Waals surface area contributed by atoms with Crippen molar-refractivity contribution in [1.29, 1.82) is 0 Å². The molecule has 0 spiro atoms. The summed E-state index contributed by atoms with van der Waals surface area (Å²) in [5.41, 5.74) is 0. The van der Waals surface area contributed by atoms with Crippen LogP contribution in [0.3, 0.4) is 0 Å². The Hall–Kier alpha value is -1.19. The van der Waals surface area contributed by atoms with Crippen molar-refractivity contribution in [3.05, 3.63) is 24.0 Å². The fraction of sp³-hybridized carbons (Fsp3) is 0.455. The predicted molar refractivity (Wildman–Crippen MR) is 72.2 cm³/mol. The molecule has 0 saturated carbocycles. The standard InChI is InChI=1S/C11H16FNO5S2/c1-8(2)19(14,15)6-5-18-10-4-3-9(12)7-11(10)20(13,16)17/h3-4,7-8H,5-6H2,1-2H3,(H2,13,16,17). The van der Waals surface area contributed by atoms with Crippen LogP contribution in [0.4, 0.5) is 4.39 Å². The highest BCUT2D eigenvalue weighted by atomic mass is 32.2. The molecule has 9 heteroatoms. The van der Waals surface area contributed by atoms with E-state index in [1.807, 2.05) is 0 Å². The maximum absolute atomic E-state index is 13.0. The summed E-state index contributed by atoms with van der Waals surface area (Å²) in [5.74, 6) is -1.23. The van der Waals surface area contributed by atoms with Crippen molar-refractivity contribution in [1.82, 2.24) is 0 Å². The lowest BCUT2D eigenvalue weighted by molar-refractivity contribution is 0.330. The third kappa shape index (κ3) is 4.43. The maximum Gasteiger partial charge on any atom is 0.241 e. The third-order valence-electron chi connectivity index (χ3n) is 2.56. The van der Waals surface area contributed by atoms with E-state index >= 15 is 0 Å². The second-order valence-electron chi connectivity index (χ2n) is 4.40. The highest BCUT2D eigenvalue weighted by Gasteiger charge is 2.19. The lowest BCUT2D eigenvalue weighted by atomic mass is 10.3. The van der Waals surface area contributed by atoms with Gasteiger partial charge in [0.15, 0.2) is 9.84 Å². The van der Waals surface area contributed by atoms with E-state index in [1.165, 1.54) is 13.8 Å². The van der Waals surface area contributed by atoms with Crippen molar-refractivity contribution in [2.45, 2.75) is 24.0 Å². The minimum atomic E-state index is -4.15. The first kappa shape index (κ1) is 16.9. The first-order valence-corrected chi connectivity index (χ1v) is 8.97. The average molecular weight is 325 g/mol. The Morgan fingerprint density at radius 1 is 1.25 bits per heavy atom. The SMILES string of the molecule is CC(C)S(=O)(=O)CCOc1ccc(F)cc1S(N)(=O)=O. The molecule has 0 unspecified atom stereocenters. The van der Waals surface area contributed by atoms with Crippen molar-refractivity contribution < 1.29 is 26.0 Å². The molecule has 0 bridgehead atoms. The average Bonchev–Trinajstić information content (AvgIpc) is 2.29. The number of hydrogen-bond donors (Lipinski definition) is 1. The normalized spacial score (nSPS) is 12.7. The van der Waals surface area contributed by atoms with Gasteiger partial charge >= 0.3 is 0 Å². The molecule has 6 nitrogen and oxygen atoms in total. The Bertz CT molecular complexity index is 683. The quantitative estimate of drug-likeness (QED) is 0.828. The molecule has 0 saturated heterocycles. The molecule has 0 aliphatic heterocycles. The van der Waals surface area contributed by atoms with Crippen LogP contribution in [0.25, 0.3) is 0 Å². The van der Waals surface area contributed by atoms with Crippen molar-refractivity contribution in [2.24, 2.45) is 5.14 Å². The molecule has 0 radical (unpaired) electrons. The van der Waals surface area contributed by atoms with Gasteiger partial charge in [-0.05, 0) is 32.0 Å². The van der Waals surface area contributed by atoms with E-state index in [0.29, 0.717) is 0 Å². The fourth-order valence-corrected chi connectivity index (χ4v) is 2.80. The van der Waals surface area contributed by atoms with E-state index in [1.54, 1.807) is 0 Å². The Kier molecular flexibility index (Phi) is 5.11. The number of sulfonamides is 1. The monoisotopic (exact) mass is 325 g/mol. The van der Waals surface area contributed by atoms with Gasteiger partial charge in [0.2, 0.25) is 10.0 Å². The molecule has 1 aromatic rings. The Morgan fingerprint density at radius 2 is 1.85 bits per heavy atom. The summed E-state index contributed by atoms with van der Waals surface area (Å²) in [5, 5.41) is 4.38. The third-order valence-corrected chi connectivity index (χ3v) is 5.66. The van der Waals surface area contributed by atoms with Gasteiger partial charge in [0, 0.05) is 0 Å². The molecule has 0 aromatic heterocycles. The van der Waals surface area contributed by atoms with Crippen molar-refractivity contribution in [3.8, 4) is 5.75 Å². The van der Waals surface area contributed by atoms with E-state index < -0.39 is 35.8 Å². The summed E-state index contributed by atoms with van der Waals surface area (Å²) in [4.78, 5) is -0.514. The minimum Gasteiger partial charge on any atom is -0.491 e. The van der Waals surface area contributed by atoms with E-state index in [-0.39, 0.29) is 18.1 Å². The van der Waals surface area contributed by atoms with Crippen LogP contribution in [-0.4, -0.2) is 34.4 Å². The summed E-state index contributed by atoms with van der Waals surface area (Å²) in [6.07, 6.45) is 0. The summed E-state index contributed by atoms with van der Waals surface area (Å²) in [6.45, 7) is 2.82. The second-order valence-corrected chi connectivity index (χ2v) is 8.61. The molecule has 2 N–H and O–H groups in total. The number of nitrogens with two attached hydrogens (primary N) is 1. The number of sulfone groups is 1. The van der Waals surface area contributed by atoms with Crippen molar-refractivity contribution in [2.75, 3.05) is 12.4 Å². The highest BCUT2D eigenvalue weighted by molar-refractivity contribution is 7.92. The smallest absolute Gasteiger partial charge is 0.241 e. The molecular formula is C11H16FNO5S2. The molecule has 1 rings (SSSR count). The Labute approximate surface area is 117 Å². The van der Waals surface area contributed by atoms with Crippen LogP contribution in [0.1, 0.15) is 13.8 Å². The van der Waals surface area contributed by atoms with Gasteiger partial charge in [0.25, 0.3) is 0 Å². The number of halogens is 1. The van der Waals surface area contributed by atoms with Gasteiger partial charge in [-0.15, -0.1) is 0 Å². The van der Waals surface area contributed by atoms with Crippen molar-refractivity contribution >= 4 is 19.9 Å².